The van der Waals surface area contributed by atoms with Crippen molar-refractivity contribution in [1.29, 1.82) is 0 Å². The van der Waals surface area contributed by atoms with Crippen molar-refractivity contribution in [1.82, 2.24) is 20.3 Å². The van der Waals surface area contributed by atoms with Crippen LogP contribution in [-0.4, -0.2) is 21.5 Å². The Morgan fingerprint density at radius 3 is 2.78 bits per heavy atom. The lowest BCUT2D eigenvalue weighted by Gasteiger charge is -2.13. The lowest BCUT2D eigenvalue weighted by atomic mass is 9.98. The van der Waals surface area contributed by atoms with E-state index in [0.29, 0.717) is 0 Å². The van der Waals surface area contributed by atoms with Gasteiger partial charge in [-0.25, -0.2) is 9.97 Å². The molecular weight excluding hydrogens is 244 g/mol. The molecule has 0 bridgehead atoms. The minimum atomic E-state index is 0.150. The third-order valence-corrected chi connectivity index (χ3v) is 4.01. The first-order chi connectivity index (χ1) is 8.55. The fourth-order valence-corrected chi connectivity index (χ4v) is 2.53. The van der Waals surface area contributed by atoms with Gasteiger partial charge in [0.2, 0.25) is 0 Å². The number of hydrogen-bond acceptors (Lipinski definition) is 4. The Morgan fingerprint density at radius 1 is 1.33 bits per heavy atom. The number of aromatic amines is 1. The fraction of sp³-hybridized carbons (Fsp3) is 0.538. The molecule has 0 saturated heterocycles. The van der Waals surface area contributed by atoms with Crippen LogP contribution in [0.25, 0.3) is 0 Å². The van der Waals surface area contributed by atoms with Crippen LogP contribution in [0.15, 0.2) is 18.6 Å². The minimum absolute atomic E-state index is 0.150. The molecule has 2 heterocycles. The van der Waals surface area contributed by atoms with Crippen molar-refractivity contribution >= 4 is 11.3 Å². The Kier molecular flexibility index (Phi) is 4.14. The van der Waals surface area contributed by atoms with E-state index < -0.39 is 0 Å². The van der Waals surface area contributed by atoms with Crippen molar-refractivity contribution in [2.24, 2.45) is 0 Å². The lowest BCUT2D eigenvalue weighted by molar-refractivity contribution is 0.585. The highest BCUT2D eigenvalue weighted by molar-refractivity contribution is 7.11. The van der Waals surface area contributed by atoms with E-state index in [0.717, 1.165) is 25.3 Å². The highest BCUT2D eigenvalue weighted by atomic mass is 32.1. The number of H-pyrrole nitrogens is 1. The summed E-state index contributed by atoms with van der Waals surface area (Å²) in [5.74, 6) is 1.03. The van der Waals surface area contributed by atoms with Crippen LogP contribution in [0.5, 0.6) is 0 Å². The molecule has 0 radical (unpaired) electrons. The number of hydrogen-bond donors (Lipinski definition) is 2. The van der Waals surface area contributed by atoms with Crippen LogP contribution < -0.4 is 5.32 Å². The van der Waals surface area contributed by atoms with Crippen LogP contribution in [-0.2, 0) is 18.4 Å². The van der Waals surface area contributed by atoms with Crippen LogP contribution >= 0.6 is 11.3 Å². The normalized spacial score (nSPS) is 11.9. The SMILES string of the molecule is CC(C)(C)c1ncc(CNCCc2ncc[nH]2)s1. The molecule has 0 aliphatic carbocycles. The second-order valence-corrected chi connectivity index (χ2v) is 6.46. The number of rotatable bonds is 5. The Labute approximate surface area is 112 Å². The van der Waals surface area contributed by atoms with Crippen LogP contribution in [0, 0.1) is 0 Å². The standard InChI is InChI=1S/C13H20N4S/c1-13(2,3)12-17-9-10(18-12)8-14-5-4-11-15-6-7-16-11/h6-7,9,14H,4-5,8H2,1-3H3,(H,15,16). The van der Waals surface area contributed by atoms with E-state index >= 15 is 0 Å². The summed E-state index contributed by atoms with van der Waals surface area (Å²) >= 11 is 1.79. The monoisotopic (exact) mass is 264 g/mol. The van der Waals surface area contributed by atoms with Crippen molar-refractivity contribution in [2.75, 3.05) is 6.54 Å². The largest absolute Gasteiger partial charge is 0.349 e. The molecule has 0 unspecified atom stereocenters. The molecular formula is C13H20N4S. The van der Waals surface area contributed by atoms with E-state index in [9.17, 15) is 0 Å². The molecule has 4 nitrogen and oxygen atoms in total. The zero-order valence-corrected chi connectivity index (χ0v) is 12.0. The van der Waals surface area contributed by atoms with Crippen molar-refractivity contribution in [3.05, 3.63) is 34.3 Å². The molecule has 0 saturated carbocycles. The summed E-state index contributed by atoms with van der Waals surface area (Å²) in [6.45, 7) is 8.39. The molecule has 0 spiro atoms. The van der Waals surface area contributed by atoms with Gasteiger partial charge in [-0.1, -0.05) is 20.8 Å². The summed E-state index contributed by atoms with van der Waals surface area (Å²) in [5, 5.41) is 4.61. The third-order valence-electron chi connectivity index (χ3n) is 2.59. The van der Waals surface area contributed by atoms with E-state index in [4.69, 9.17) is 0 Å². The highest BCUT2D eigenvalue weighted by Crippen LogP contribution is 2.26. The molecule has 0 amide bonds. The van der Waals surface area contributed by atoms with Crippen LogP contribution in [0.4, 0.5) is 0 Å². The van der Waals surface area contributed by atoms with Gasteiger partial charge in [0.1, 0.15) is 5.82 Å². The molecule has 0 aliphatic rings. The Balaban J connectivity index is 1.75. The number of imidazole rings is 1. The first kappa shape index (κ1) is 13.2. The molecule has 0 aliphatic heterocycles. The zero-order valence-electron chi connectivity index (χ0n) is 11.2. The molecule has 0 aromatic carbocycles. The maximum absolute atomic E-state index is 4.48. The van der Waals surface area contributed by atoms with Gasteiger partial charge in [0.05, 0.1) is 5.01 Å². The van der Waals surface area contributed by atoms with Gasteiger partial charge in [0, 0.05) is 48.4 Å². The molecule has 2 aromatic rings. The van der Waals surface area contributed by atoms with E-state index in [-0.39, 0.29) is 5.41 Å². The minimum Gasteiger partial charge on any atom is -0.349 e. The summed E-state index contributed by atoms with van der Waals surface area (Å²) in [6.07, 6.45) is 6.55. The van der Waals surface area contributed by atoms with Gasteiger partial charge in [0.15, 0.2) is 0 Å². The van der Waals surface area contributed by atoms with Crippen molar-refractivity contribution < 1.29 is 0 Å². The van der Waals surface area contributed by atoms with E-state index in [1.165, 1.54) is 9.88 Å². The topological polar surface area (TPSA) is 53.6 Å². The van der Waals surface area contributed by atoms with E-state index in [1.807, 2.05) is 12.4 Å². The molecule has 2 aromatic heterocycles. The first-order valence-electron chi connectivity index (χ1n) is 6.20. The summed E-state index contributed by atoms with van der Waals surface area (Å²) in [4.78, 5) is 13.1. The summed E-state index contributed by atoms with van der Waals surface area (Å²) in [7, 11) is 0. The van der Waals surface area contributed by atoms with Gasteiger partial charge in [-0.2, -0.15) is 0 Å². The average molecular weight is 264 g/mol. The smallest absolute Gasteiger partial charge is 0.107 e. The van der Waals surface area contributed by atoms with E-state index in [1.54, 1.807) is 17.5 Å². The number of aromatic nitrogens is 3. The lowest BCUT2D eigenvalue weighted by Crippen LogP contribution is -2.16. The van der Waals surface area contributed by atoms with Crippen LogP contribution in [0.2, 0.25) is 0 Å². The molecule has 5 heteroatoms. The second-order valence-electron chi connectivity index (χ2n) is 5.34. The van der Waals surface area contributed by atoms with Crippen LogP contribution in [0.1, 0.15) is 36.5 Å². The third kappa shape index (κ3) is 3.65. The summed E-state index contributed by atoms with van der Waals surface area (Å²) in [5.41, 5.74) is 0.150. The number of thiazole rings is 1. The summed E-state index contributed by atoms with van der Waals surface area (Å²) < 4.78 is 0. The fourth-order valence-electron chi connectivity index (χ4n) is 1.59. The first-order valence-corrected chi connectivity index (χ1v) is 7.01. The maximum Gasteiger partial charge on any atom is 0.107 e. The number of nitrogens with one attached hydrogen (secondary N) is 2. The zero-order chi connectivity index (χ0) is 13.0. The predicted molar refractivity (Wildman–Crippen MR) is 74.8 cm³/mol. The Hall–Kier alpha value is -1.20. The molecule has 0 fully saturated rings. The van der Waals surface area contributed by atoms with Crippen LogP contribution in [0.3, 0.4) is 0 Å². The van der Waals surface area contributed by atoms with Crippen molar-refractivity contribution in [3.63, 3.8) is 0 Å². The highest BCUT2D eigenvalue weighted by Gasteiger charge is 2.17. The van der Waals surface area contributed by atoms with Crippen molar-refractivity contribution in [2.45, 2.75) is 39.2 Å². The van der Waals surface area contributed by atoms with Gasteiger partial charge in [-0.05, 0) is 0 Å². The molecule has 2 rings (SSSR count). The van der Waals surface area contributed by atoms with E-state index in [2.05, 4.69) is 41.0 Å². The molecule has 18 heavy (non-hydrogen) atoms. The Bertz CT molecular complexity index is 467. The summed E-state index contributed by atoms with van der Waals surface area (Å²) in [6, 6.07) is 0. The van der Waals surface area contributed by atoms with Gasteiger partial charge >= 0.3 is 0 Å². The second kappa shape index (κ2) is 5.63. The molecule has 0 atom stereocenters. The average Bonchev–Trinajstić information content (AvgIpc) is 2.95. The van der Waals surface area contributed by atoms with Gasteiger partial charge < -0.3 is 10.3 Å². The molecule has 2 N–H and O–H groups in total. The van der Waals surface area contributed by atoms with Crippen molar-refractivity contribution in [3.8, 4) is 0 Å². The van der Waals surface area contributed by atoms with Gasteiger partial charge in [0.25, 0.3) is 0 Å². The number of nitrogens with zero attached hydrogens (tertiary/aromatic N) is 2. The molecule has 98 valence electrons. The predicted octanol–water partition coefficient (Wildman–Crippen LogP) is 2.50. The maximum atomic E-state index is 4.48. The van der Waals surface area contributed by atoms with Gasteiger partial charge in [-0.3, -0.25) is 0 Å². The van der Waals surface area contributed by atoms with Gasteiger partial charge in [-0.15, -0.1) is 11.3 Å². The Morgan fingerprint density at radius 2 is 2.17 bits per heavy atom. The quantitative estimate of drug-likeness (QED) is 0.816.